The topological polar surface area (TPSA) is 177 Å². The van der Waals surface area contributed by atoms with E-state index in [1.54, 1.807) is 6.20 Å². The minimum atomic E-state index is -1.24. The highest BCUT2D eigenvalue weighted by atomic mass is 16.3. The minimum absolute atomic E-state index is 0.119. The van der Waals surface area contributed by atoms with E-state index in [0.29, 0.717) is 36.3 Å². The molecule has 1 heterocycles. The molecule has 48 heavy (non-hydrogen) atoms. The predicted molar refractivity (Wildman–Crippen MR) is 186 cm³/mol. The molecule has 7 N–H and O–H groups in total. The summed E-state index contributed by atoms with van der Waals surface area (Å²) in [6.07, 6.45) is 10.4. The lowest BCUT2D eigenvalue weighted by Crippen LogP contribution is -2.55. The molecular formula is C37H59N5O6. The average Bonchev–Trinajstić information content (AvgIpc) is 3.60. The van der Waals surface area contributed by atoms with Gasteiger partial charge in [0.25, 0.3) is 0 Å². The zero-order valence-electron chi connectivity index (χ0n) is 29.3. The molecule has 5 atom stereocenters. The molecule has 1 saturated carbocycles. The van der Waals surface area contributed by atoms with Gasteiger partial charge in [0.2, 0.25) is 17.7 Å². The Morgan fingerprint density at radius 2 is 1.69 bits per heavy atom. The van der Waals surface area contributed by atoms with Crippen LogP contribution in [0.5, 0.6) is 0 Å². The molecule has 1 aromatic heterocycles. The number of nitrogens with zero attached hydrogens (tertiary/aromatic N) is 1. The van der Waals surface area contributed by atoms with Crippen molar-refractivity contribution in [2.45, 2.75) is 122 Å². The number of aliphatic hydroxyl groups excluding tert-OH is 3. The third-order valence-corrected chi connectivity index (χ3v) is 9.98. The lowest BCUT2D eigenvalue weighted by molar-refractivity contribution is -0.134. The van der Waals surface area contributed by atoms with Gasteiger partial charge in [-0.1, -0.05) is 89.6 Å². The Labute approximate surface area is 286 Å². The summed E-state index contributed by atoms with van der Waals surface area (Å²) in [4.78, 5) is 48.4. The highest BCUT2D eigenvalue weighted by Gasteiger charge is 2.34. The number of carbonyl (C=O) groups is 3. The van der Waals surface area contributed by atoms with E-state index in [9.17, 15) is 29.7 Å². The molecule has 1 aliphatic carbocycles. The van der Waals surface area contributed by atoms with Crippen LogP contribution in [0.15, 0.2) is 42.9 Å². The Bertz CT molecular complexity index is 1230. The third-order valence-electron chi connectivity index (χ3n) is 9.98. The number of aromatic nitrogens is 2. The second-order valence-corrected chi connectivity index (χ2v) is 14.4. The number of imidazole rings is 1. The van der Waals surface area contributed by atoms with Gasteiger partial charge in [-0.3, -0.25) is 14.4 Å². The summed E-state index contributed by atoms with van der Waals surface area (Å²) in [6, 6.07) is 7.85. The fraction of sp³-hybridized carbons (Fsp3) is 0.676. The maximum Gasteiger partial charge on any atom is 0.243 e. The Balaban J connectivity index is 1.85. The van der Waals surface area contributed by atoms with Crippen LogP contribution in [0.2, 0.25) is 0 Å². The molecular weight excluding hydrogens is 610 g/mol. The first-order chi connectivity index (χ1) is 23.0. The van der Waals surface area contributed by atoms with Gasteiger partial charge in [0, 0.05) is 19.0 Å². The first-order valence-electron chi connectivity index (χ1n) is 17.8. The predicted octanol–water partition coefficient (Wildman–Crippen LogP) is 3.43. The number of rotatable bonds is 20. The second-order valence-electron chi connectivity index (χ2n) is 14.4. The van der Waals surface area contributed by atoms with Crippen LogP contribution in [0.25, 0.3) is 0 Å². The van der Waals surface area contributed by atoms with Crippen molar-refractivity contribution in [1.29, 1.82) is 0 Å². The summed E-state index contributed by atoms with van der Waals surface area (Å²) in [7, 11) is 0. The van der Waals surface area contributed by atoms with Gasteiger partial charge < -0.3 is 36.3 Å². The van der Waals surface area contributed by atoms with E-state index in [0.717, 1.165) is 37.7 Å². The van der Waals surface area contributed by atoms with Gasteiger partial charge in [-0.25, -0.2) is 4.98 Å². The molecule has 11 nitrogen and oxygen atoms in total. The van der Waals surface area contributed by atoms with Crippen LogP contribution in [0.3, 0.4) is 0 Å². The first kappa shape index (κ1) is 39.2. The van der Waals surface area contributed by atoms with Crippen molar-refractivity contribution in [1.82, 2.24) is 25.9 Å². The summed E-state index contributed by atoms with van der Waals surface area (Å²) in [5.41, 5.74) is 0.190. The smallest absolute Gasteiger partial charge is 0.243 e. The van der Waals surface area contributed by atoms with E-state index < -0.39 is 60.6 Å². The maximum absolute atomic E-state index is 14.1. The molecule has 0 spiro atoms. The molecule has 0 saturated heterocycles. The highest BCUT2D eigenvalue weighted by molar-refractivity contribution is 5.91. The molecule has 268 valence electrons. The highest BCUT2D eigenvalue weighted by Crippen LogP contribution is 2.30. The average molecular weight is 670 g/mol. The minimum Gasteiger partial charge on any atom is -0.394 e. The van der Waals surface area contributed by atoms with Crippen LogP contribution >= 0.6 is 0 Å². The molecule has 0 radical (unpaired) electrons. The normalized spacial score (nSPS) is 17.2. The number of carbonyl (C=O) groups excluding carboxylic acids is 3. The summed E-state index contributed by atoms with van der Waals surface area (Å²) in [5, 5.41) is 39.6. The lowest BCUT2D eigenvalue weighted by atomic mass is 9.80. The van der Waals surface area contributed by atoms with E-state index in [1.807, 2.05) is 30.3 Å². The molecule has 0 aliphatic heterocycles. The molecule has 3 rings (SSSR count). The van der Waals surface area contributed by atoms with Crippen molar-refractivity contribution in [2.75, 3.05) is 13.2 Å². The van der Waals surface area contributed by atoms with Crippen LogP contribution in [0.1, 0.15) is 96.7 Å². The Morgan fingerprint density at radius 1 is 1.00 bits per heavy atom. The largest absolute Gasteiger partial charge is 0.394 e. The van der Waals surface area contributed by atoms with E-state index in [-0.39, 0.29) is 19.3 Å². The van der Waals surface area contributed by atoms with Crippen molar-refractivity contribution >= 4 is 17.7 Å². The van der Waals surface area contributed by atoms with Crippen LogP contribution in [0.4, 0.5) is 0 Å². The van der Waals surface area contributed by atoms with Gasteiger partial charge in [-0.05, 0) is 49.5 Å². The van der Waals surface area contributed by atoms with Crippen molar-refractivity contribution < 1.29 is 29.7 Å². The van der Waals surface area contributed by atoms with E-state index >= 15 is 0 Å². The molecule has 11 heteroatoms. The number of benzene rings is 1. The SMILES string of the molecule is CC[C@@H](C[C@H](O)C(CC1CCCCC1)NC(=O)[C@H](Cc1c[nH]cn1)NC(=O)[C@@H](CC(=O)NC(C)(CO)CO)Cc1ccccc1)C(C)C. The molecule has 1 unspecified atom stereocenters. The van der Waals surface area contributed by atoms with Gasteiger partial charge in [0.05, 0.1) is 48.8 Å². The van der Waals surface area contributed by atoms with Crippen LogP contribution in [-0.4, -0.2) is 79.9 Å². The fourth-order valence-corrected chi connectivity index (χ4v) is 6.77. The first-order valence-corrected chi connectivity index (χ1v) is 17.8. The van der Waals surface area contributed by atoms with Crippen molar-refractivity contribution in [3.63, 3.8) is 0 Å². The van der Waals surface area contributed by atoms with Gasteiger partial charge in [-0.2, -0.15) is 0 Å². The van der Waals surface area contributed by atoms with Crippen molar-refractivity contribution in [3.05, 3.63) is 54.1 Å². The summed E-state index contributed by atoms with van der Waals surface area (Å²) < 4.78 is 0. The van der Waals surface area contributed by atoms with Crippen LogP contribution < -0.4 is 16.0 Å². The summed E-state index contributed by atoms with van der Waals surface area (Å²) in [5.74, 6) is -1.11. The second kappa shape index (κ2) is 19.7. The summed E-state index contributed by atoms with van der Waals surface area (Å²) in [6.45, 7) is 7.02. The van der Waals surface area contributed by atoms with Crippen molar-refractivity contribution in [3.8, 4) is 0 Å². The molecule has 1 aromatic carbocycles. The zero-order chi connectivity index (χ0) is 35.1. The van der Waals surface area contributed by atoms with Crippen molar-refractivity contribution in [2.24, 2.45) is 23.7 Å². The maximum atomic E-state index is 14.1. The number of aliphatic hydroxyl groups is 3. The zero-order valence-corrected chi connectivity index (χ0v) is 29.3. The van der Waals surface area contributed by atoms with E-state index in [2.05, 4.69) is 46.7 Å². The van der Waals surface area contributed by atoms with E-state index in [4.69, 9.17) is 0 Å². The lowest BCUT2D eigenvalue weighted by Gasteiger charge is -2.33. The number of hydrogen-bond donors (Lipinski definition) is 7. The Kier molecular flexibility index (Phi) is 16.0. The Hall–Kier alpha value is -3.28. The van der Waals surface area contributed by atoms with Gasteiger partial charge in [-0.15, -0.1) is 0 Å². The standard InChI is InChI=1S/C37H59N5O6/c1-5-28(25(2)3)18-33(45)31(17-27-14-10-7-11-15-27)40-36(48)32(20-30-21-38-24-39-30)41-35(47)29(16-26-12-8-6-9-13-26)19-34(46)42-37(4,22-43)23-44/h6,8-9,12-13,21,24-25,27-29,31-33,43-45H,5,7,10-11,14-20,22-23H2,1-4H3,(H,38,39)(H,40,48)(H,41,47)(H,42,46)/t28-,29+,31?,32-,33-/m0/s1. The Morgan fingerprint density at radius 3 is 2.27 bits per heavy atom. The monoisotopic (exact) mass is 669 g/mol. The summed E-state index contributed by atoms with van der Waals surface area (Å²) >= 11 is 0. The van der Waals surface area contributed by atoms with Gasteiger partial charge in [0.1, 0.15) is 6.04 Å². The van der Waals surface area contributed by atoms with Gasteiger partial charge in [0.15, 0.2) is 0 Å². The quantitative estimate of drug-likeness (QED) is 0.113. The van der Waals surface area contributed by atoms with Gasteiger partial charge >= 0.3 is 0 Å². The molecule has 1 aliphatic rings. The van der Waals surface area contributed by atoms with E-state index in [1.165, 1.54) is 19.7 Å². The number of nitrogens with one attached hydrogen (secondary N) is 4. The number of amides is 3. The number of H-pyrrole nitrogens is 1. The number of aromatic amines is 1. The third kappa shape index (κ3) is 12.6. The van der Waals surface area contributed by atoms with Crippen LogP contribution in [0, 0.1) is 23.7 Å². The van der Waals surface area contributed by atoms with Crippen LogP contribution in [-0.2, 0) is 27.2 Å². The molecule has 3 amide bonds. The molecule has 2 aromatic rings. The fourth-order valence-electron chi connectivity index (χ4n) is 6.77. The number of hydrogen-bond acceptors (Lipinski definition) is 7. The molecule has 1 fully saturated rings. The molecule has 0 bridgehead atoms.